The lowest BCUT2D eigenvalue weighted by molar-refractivity contribution is -0.140. The first kappa shape index (κ1) is 40.7. The molecular weight excluding hydrogens is 614 g/mol. The number of unbranched alkanes of at least 4 members (excludes halogenated alkanes) is 3. The SMILES string of the molecule is CCCC[C@@H](NC(=O)[C@H](N)Cc1c(C)cc(O)cc1C)C(=O)NCC(=O)NC(=O)[C@H](CC1CCCCC1)N(C)CCCCCC(=O)OC. The molecule has 4 amide bonds. The summed E-state index contributed by atoms with van der Waals surface area (Å²) in [7, 11) is 3.26. The molecule has 0 saturated heterocycles. The van der Waals surface area contributed by atoms with E-state index in [1.165, 1.54) is 13.5 Å². The average Bonchev–Trinajstić information content (AvgIpc) is 3.05. The van der Waals surface area contributed by atoms with Crippen molar-refractivity contribution < 1.29 is 33.8 Å². The minimum Gasteiger partial charge on any atom is -0.508 e. The van der Waals surface area contributed by atoms with Gasteiger partial charge < -0.3 is 26.2 Å². The van der Waals surface area contributed by atoms with Crippen molar-refractivity contribution in [3.8, 4) is 5.75 Å². The van der Waals surface area contributed by atoms with Gasteiger partial charge >= 0.3 is 5.97 Å². The molecule has 2 rings (SSSR count). The van der Waals surface area contributed by atoms with E-state index in [1.54, 1.807) is 12.1 Å². The molecule has 1 saturated carbocycles. The van der Waals surface area contributed by atoms with Crippen LogP contribution in [0.1, 0.15) is 107 Å². The first-order valence-electron chi connectivity index (χ1n) is 17.6. The van der Waals surface area contributed by atoms with E-state index in [0.717, 1.165) is 61.6 Å². The fraction of sp³-hybridized carbons (Fsp3) is 0.694. The molecule has 1 fully saturated rings. The molecule has 1 aliphatic rings. The molecule has 0 unspecified atom stereocenters. The fourth-order valence-corrected chi connectivity index (χ4v) is 6.41. The molecule has 0 aliphatic heterocycles. The predicted octanol–water partition coefficient (Wildman–Crippen LogP) is 3.32. The smallest absolute Gasteiger partial charge is 0.305 e. The summed E-state index contributed by atoms with van der Waals surface area (Å²) in [5.74, 6) is -1.71. The maximum Gasteiger partial charge on any atom is 0.305 e. The van der Waals surface area contributed by atoms with Crippen LogP contribution < -0.4 is 21.7 Å². The zero-order valence-corrected chi connectivity index (χ0v) is 29.7. The van der Waals surface area contributed by atoms with Crippen LogP contribution >= 0.6 is 0 Å². The Balaban J connectivity index is 1.96. The van der Waals surface area contributed by atoms with E-state index in [0.29, 0.717) is 44.6 Å². The molecule has 0 aromatic heterocycles. The summed E-state index contributed by atoms with van der Waals surface area (Å²) in [6.07, 6.45) is 11.0. The van der Waals surface area contributed by atoms with Crippen molar-refractivity contribution in [2.75, 3.05) is 27.2 Å². The lowest BCUT2D eigenvalue weighted by Gasteiger charge is -2.31. The number of nitrogens with two attached hydrogens (primary N) is 1. The van der Waals surface area contributed by atoms with Crippen molar-refractivity contribution in [2.24, 2.45) is 11.7 Å². The van der Waals surface area contributed by atoms with Crippen LogP contribution in [0, 0.1) is 19.8 Å². The highest BCUT2D eigenvalue weighted by Crippen LogP contribution is 2.28. The molecule has 0 heterocycles. The summed E-state index contributed by atoms with van der Waals surface area (Å²) < 4.78 is 4.70. The number of nitrogens with one attached hydrogen (secondary N) is 3. The number of benzene rings is 1. The molecule has 48 heavy (non-hydrogen) atoms. The van der Waals surface area contributed by atoms with Crippen LogP contribution in [0.25, 0.3) is 0 Å². The topological polar surface area (TPSA) is 180 Å². The van der Waals surface area contributed by atoms with Crippen LogP contribution in [0.15, 0.2) is 12.1 Å². The van der Waals surface area contributed by atoms with Gasteiger partial charge in [0.15, 0.2) is 0 Å². The lowest BCUT2D eigenvalue weighted by Crippen LogP contribution is -2.54. The fourth-order valence-electron chi connectivity index (χ4n) is 6.41. The number of nitrogens with zero attached hydrogens (tertiary/aromatic N) is 1. The maximum absolute atomic E-state index is 13.4. The number of rotatable bonds is 20. The Morgan fingerprint density at radius 1 is 0.979 bits per heavy atom. The quantitative estimate of drug-likeness (QED) is 0.103. The monoisotopic (exact) mass is 673 g/mol. The van der Waals surface area contributed by atoms with Gasteiger partial charge in [0.25, 0.3) is 0 Å². The molecule has 270 valence electrons. The summed E-state index contributed by atoms with van der Waals surface area (Å²) >= 11 is 0. The third-order valence-electron chi connectivity index (χ3n) is 9.34. The number of amides is 4. The predicted molar refractivity (Wildman–Crippen MR) is 185 cm³/mol. The highest BCUT2D eigenvalue weighted by molar-refractivity contribution is 6.00. The Bertz CT molecular complexity index is 1190. The van der Waals surface area contributed by atoms with Crippen molar-refractivity contribution in [2.45, 2.75) is 129 Å². The second-order valence-electron chi connectivity index (χ2n) is 13.3. The molecule has 1 aromatic rings. The standard InChI is InChI=1S/C36H59N5O7/c1-6-7-16-30(39-34(45)29(37)22-28-24(2)19-27(42)20-25(28)3)35(46)38-23-32(43)40-36(47)31(21-26-14-10-8-11-15-26)41(4)18-13-9-12-17-33(44)48-5/h19-20,26,29-31,42H,6-18,21-23,37H2,1-5H3,(H,38,46)(H,39,45)(H,40,43,47)/t29-,30-,31+/m1/s1. The Morgan fingerprint density at radius 2 is 1.65 bits per heavy atom. The van der Waals surface area contributed by atoms with E-state index in [9.17, 15) is 29.1 Å². The first-order chi connectivity index (χ1) is 22.9. The number of hydrogen-bond acceptors (Lipinski definition) is 9. The number of hydrogen-bond donors (Lipinski definition) is 5. The number of methoxy groups -OCH3 is 1. The summed E-state index contributed by atoms with van der Waals surface area (Å²) in [6, 6.07) is 0.931. The van der Waals surface area contributed by atoms with Gasteiger partial charge in [-0.1, -0.05) is 58.3 Å². The van der Waals surface area contributed by atoms with Gasteiger partial charge in [-0.3, -0.25) is 34.2 Å². The normalized spacial score (nSPS) is 15.3. The van der Waals surface area contributed by atoms with Gasteiger partial charge in [-0.2, -0.15) is 0 Å². The molecule has 3 atom stereocenters. The number of likely N-dealkylation sites (N-methyl/N-ethyl adjacent to an activating group) is 1. The van der Waals surface area contributed by atoms with Gasteiger partial charge in [0, 0.05) is 6.42 Å². The van der Waals surface area contributed by atoms with Crippen molar-refractivity contribution >= 4 is 29.6 Å². The molecule has 0 radical (unpaired) electrons. The summed E-state index contributed by atoms with van der Waals surface area (Å²) in [5.41, 5.74) is 8.73. The molecule has 0 spiro atoms. The van der Waals surface area contributed by atoms with Gasteiger partial charge in [0.05, 0.1) is 25.7 Å². The van der Waals surface area contributed by atoms with Gasteiger partial charge in [-0.15, -0.1) is 0 Å². The van der Waals surface area contributed by atoms with E-state index < -0.39 is 48.3 Å². The van der Waals surface area contributed by atoms with Crippen LogP contribution in [0.5, 0.6) is 5.75 Å². The zero-order valence-electron chi connectivity index (χ0n) is 29.7. The summed E-state index contributed by atoms with van der Waals surface area (Å²) in [6.45, 7) is 5.89. The molecule has 1 aliphatic carbocycles. The molecular formula is C36H59N5O7. The number of aromatic hydroxyl groups is 1. The lowest BCUT2D eigenvalue weighted by atomic mass is 9.84. The number of esters is 1. The third kappa shape index (κ3) is 14.3. The number of phenolic OH excluding ortho intramolecular Hbond substituents is 1. The van der Waals surface area contributed by atoms with Crippen LogP contribution in [0.2, 0.25) is 0 Å². The number of carbonyl (C=O) groups is 5. The van der Waals surface area contributed by atoms with Crippen LogP contribution in [0.4, 0.5) is 0 Å². The highest BCUT2D eigenvalue weighted by Gasteiger charge is 2.29. The Kier molecular flexibility index (Phi) is 18.2. The number of phenols is 1. The number of ether oxygens (including phenoxy) is 1. The molecule has 6 N–H and O–H groups in total. The summed E-state index contributed by atoms with van der Waals surface area (Å²) in [5, 5.41) is 17.7. The van der Waals surface area contributed by atoms with Crippen LogP contribution in [0.3, 0.4) is 0 Å². The van der Waals surface area contributed by atoms with Gasteiger partial charge in [0.1, 0.15) is 11.8 Å². The Hall–Kier alpha value is -3.51. The molecule has 12 heteroatoms. The Morgan fingerprint density at radius 3 is 2.27 bits per heavy atom. The van der Waals surface area contributed by atoms with E-state index in [4.69, 9.17) is 10.5 Å². The average molecular weight is 674 g/mol. The minimum absolute atomic E-state index is 0.143. The van der Waals surface area contributed by atoms with E-state index in [2.05, 4.69) is 16.0 Å². The van der Waals surface area contributed by atoms with E-state index >= 15 is 0 Å². The van der Waals surface area contributed by atoms with E-state index in [-0.39, 0.29) is 18.1 Å². The van der Waals surface area contributed by atoms with Crippen molar-refractivity contribution in [3.63, 3.8) is 0 Å². The summed E-state index contributed by atoms with van der Waals surface area (Å²) in [4.78, 5) is 65.9. The maximum atomic E-state index is 13.4. The molecule has 12 nitrogen and oxygen atoms in total. The van der Waals surface area contributed by atoms with Crippen molar-refractivity contribution in [1.82, 2.24) is 20.9 Å². The second kappa shape index (κ2) is 21.5. The number of aryl methyl sites for hydroxylation is 2. The largest absolute Gasteiger partial charge is 0.508 e. The first-order valence-corrected chi connectivity index (χ1v) is 17.6. The zero-order chi connectivity index (χ0) is 35.6. The number of carbonyl (C=O) groups excluding carboxylic acids is 5. The highest BCUT2D eigenvalue weighted by atomic mass is 16.5. The van der Waals surface area contributed by atoms with Gasteiger partial charge in [-0.25, -0.2) is 0 Å². The van der Waals surface area contributed by atoms with E-state index in [1.807, 2.05) is 32.7 Å². The van der Waals surface area contributed by atoms with Crippen LogP contribution in [-0.4, -0.2) is 85.0 Å². The van der Waals surface area contributed by atoms with Gasteiger partial charge in [0.2, 0.25) is 23.6 Å². The number of imide groups is 1. The van der Waals surface area contributed by atoms with Crippen molar-refractivity contribution in [3.05, 3.63) is 28.8 Å². The van der Waals surface area contributed by atoms with Crippen LogP contribution in [-0.2, 0) is 35.1 Å². The Labute approximate surface area is 286 Å². The molecule has 1 aromatic carbocycles. The van der Waals surface area contributed by atoms with Gasteiger partial charge in [-0.05, 0) is 94.3 Å². The molecule has 0 bridgehead atoms. The third-order valence-corrected chi connectivity index (χ3v) is 9.34. The second-order valence-corrected chi connectivity index (χ2v) is 13.3. The minimum atomic E-state index is -0.921. The van der Waals surface area contributed by atoms with Crippen molar-refractivity contribution in [1.29, 1.82) is 0 Å².